The molecular formula is C11H14FNO3S. The van der Waals surface area contributed by atoms with E-state index in [1.165, 1.54) is 12.1 Å². The average Bonchev–Trinajstić information content (AvgIpc) is 2.30. The highest BCUT2D eigenvalue weighted by Crippen LogP contribution is 2.22. The summed E-state index contributed by atoms with van der Waals surface area (Å²) in [5, 5.41) is -0.748. The van der Waals surface area contributed by atoms with E-state index in [9.17, 15) is 12.8 Å². The zero-order valence-corrected chi connectivity index (χ0v) is 9.99. The topological polar surface area (TPSA) is 69.4 Å². The molecule has 0 bridgehead atoms. The van der Waals surface area contributed by atoms with E-state index in [2.05, 4.69) is 0 Å². The van der Waals surface area contributed by atoms with Crippen molar-refractivity contribution < 1.29 is 17.5 Å². The van der Waals surface area contributed by atoms with Crippen molar-refractivity contribution in [2.45, 2.75) is 22.6 Å². The number of ether oxygens (including phenoxy) is 1. The van der Waals surface area contributed by atoms with E-state index in [0.29, 0.717) is 13.0 Å². The van der Waals surface area contributed by atoms with Crippen molar-refractivity contribution in [1.82, 2.24) is 0 Å². The Morgan fingerprint density at radius 2 is 1.94 bits per heavy atom. The van der Waals surface area contributed by atoms with E-state index in [1.54, 1.807) is 0 Å². The highest BCUT2D eigenvalue weighted by molar-refractivity contribution is 7.92. The molecule has 94 valence electrons. The number of rotatable bonds is 2. The van der Waals surface area contributed by atoms with Crippen molar-refractivity contribution in [2.24, 2.45) is 5.73 Å². The minimum absolute atomic E-state index is 0.0878. The second-order valence-corrected chi connectivity index (χ2v) is 6.23. The summed E-state index contributed by atoms with van der Waals surface area (Å²) in [7, 11) is -3.54. The normalized spacial score (nSPS) is 25.8. The molecule has 1 aromatic rings. The van der Waals surface area contributed by atoms with E-state index in [4.69, 9.17) is 10.5 Å². The van der Waals surface area contributed by atoms with Crippen LogP contribution in [0.15, 0.2) is 29.2 Å². The molecule has 0 amide bonds. The molecular weight excluding hydrogens is 245 g/mol. The largest absolute Gasteiger partial charge is 0.380 e. The second kappa shape index (κ2) is 4.72. The van der Waals surface area contributed by atoms with Crippen LogP contribution in [0.1, 0.15) is 6.42 Å². The molecule has 4 nitrogen and oxygen atoms in total. The lowest BCUT2D eigenvalue weighted by Crippen LogP contribution is -2.47. The highest BCUT2D eigenvalue weighted by atomic mass is 32.2. The molecule has 6 heteroatoms. The fraction of sp³-hybridized carbons (Fsp3) is 0.455. The second-order valence-electron chi connectivity index (χ2n) is 4.06. The van der Waals surface area contributed by atoms with Gasteiger partial charge in [0.1, 0.15) is 11.1 Å². The maximum Gasteiger partial charge on any atom is 0.185 e. The Balaban J connectivity index is 2.32. The van der Waals surface area contributed by atoms with E-state index in [0.717, 1.165) is 12.1 Å². The minimum Gasteiger partial charge on any atom is -0.380 e. The quantitative estimate of drug-likeness (QED) is 0.794. The summed E-state index contributed by atoms with van der Waals surface area (Å²) in [5.74, 6) is -0.465. The Bertz CT molecular complexity index is 486. The van der Waals surface area contributed by atoms with Crippen LogP contribution in [0.2, 0.25) is 0 Å². The first-order valence-electron chi connectivity index (χ1n) is 5.34. The van der Waals surface area contributed by atoms with Gasteiger partial charge in [0.15, 0.2) is 9.84 Å². The van der Waals surface area contributed by atoms with Gasteiger partial charge in [-0.1, -0.05) is 0 Å². The van der Waals surface area contributed by atoms with Gasteiger partial charge in [0, 0.05) is 12.6 Å². The fourth-order valence-electron chi connectivity index (χ4n) is 1.85. The number of benzene rings is 1. The first-order valence-corrected chi connectivity index (χ1v) is 6.89. The molecule has 0 spiro atoms. The van der Waals surface area contributed by atoms with Crippen LogP contribution in [0, 0.1) is 5.82 Å². The molecule has 2 N–H and O–H groups in total. The van der Waals surface area contributed by atoms with E-state index >= 15 is 0 Å². The highest BCUT2D eigenvalue weighted by Gasteiger charge is 2.35. The van der Waals surface area contributed by atoms with Gasteiger partial charge in [-0.2, -0.15) is 0 Å². The zero-order valence-electron chi connectivity index (χ0n) is 9.17. The van der Waals surface area contributed by atoms with Gasteiger partial charge in [-0.25, -0.2) is 12.8 Å². The lowest BCUT2D eigenvalue weighted by atomic mass is 10.1. The van der Waals surface area contributed by atoms with Gasteiger partial charge < -0.3 is 10.5 Å². The molecule has 0 radical (unpaired) electrons. The van der Waals surface area contributed by atoms with Gasteiger partial charge in [0.05, 0.1) is 11.5 Å². The molecule has 2 atom stereocenters. The zero-order chi connectivity index (χ0) is 12.5. The van der Waals surface area contributed by atoms with Crippen molar-refractivity contribution in [3.05, 3.63) is 30.1 Å². The van der Waals surface area contributed by atoms with Gasteiger partial charge in [0.2, 0.25) is 0 Å². The molecule has 1 fully saturated rings. The maximum atomic E-state index is 12.7. The molecule has 0 saturated carbocycles. The molecule has 1 saturated heterocycles. The third-order valence-corrected chi connectivity index (χ3v) is 5.11. The third kappa shape index (κ3) is 2.48. The van der Waals surface area contributed by atoms with Crippen LogP contribution in [0.25, 0.3) is 0 Å². The Labute approximate surface area is 99.5 Å². The van der Waals surface area contributed by atoms with Crippen molar-refractivity contribution in [3.8, 4) is 0 Å². The number of sulfone groups is 1. The van der Waals surface area contributed by atoms with Gasteiger partial charge in [0.25, 0.3) is 0 Å². The Morgan fingerprint density at radius 1 is 1.29 bits per heavy atom. The molecule has 1 aliphatic heterocycles. The van der Waals surface area contributed by atoms with Gasteiger partial charge in [-0.15, -0.1) is 0 Å². The summed E-state index contributed by atoms with van der Waals surface area (Å²) in [6, 6.07) is 4.33. The lowest BCUT2D eigenvalue weighted by Gasteiger charge is -2.28. The standard InChI is InChI=1S/C11H14FNO3S/c12-8-1-3-9(4-2-8)17(14,15)11-7-16-6-5-10(11)13/h1-4,10-11H,5-7,13H2. The first-order chi connectivity index (χ1) is 8.01. The molecule has 2 unspecified atom stereocenters. The summed E-state index contributed by atoms with van der Waals surface area (Å²) in [5.41, 5.74) is 5.80. The van der Waals surface area contributed by atoms with Crippen molar-refractivity contribution in [3.63, 3.8) is 0 Å². The number of hydrogen-bond acceptors (Lipinski definition) is 4. The van der Waals surface area contributed by atoms with Crippen molar-refractivity contribution >= 4 is 9.84 Å². The summed E-state index contributed by atoms with van der Waals surface area (Å²) in [6.07, 6.45) is 0.519. The van der Waals surface area contributed by atoms with Crippen LogP contribution in [0.5, 0.6) is 0 Å². The van der Waals surface area contributed by atoms with E-state index in [1.807, 2.05) is 0 Å². The molecule has 0 aliphatic carbocycles. The maximum absolute atomic E-state index is 12.7. The Kier molecular flexibility index (Phi) is 3.46. The fourth-order valence-corrected chi connectivity index (χ4v) is 3.58. The van der Waals surface area contributed by atoms with Crippen LogP contribution in [0.4, 0.5) is 4.39 Å². The van der Waals surface area contributed by atoms with Crippen LogP contribution in [-0.2, 0) is 14.6 Å². The molecule has 2 rings (SSSR count). The van der Waals surface area contributed by atoms with E-state index < -0.39 is 26.9 Å². The molecule has 0 aromatic heterocycles. The SMILES string of the molecule is NC1CCOCC1S(=O)(=O)c1ccc(F)cc1. The molecule has 1 aromatic carbocycles. The van der Waals surface area contributed by atoms with Gasteiger partial charge >= 0.3 is 0 Å². The number of halogens is 1. The third-order valence-electron chi connectivity index (χ3n) is 2.90. The smallest absolute Gasteiger partial charge is 0.185 e. The Morgan fingerprint density at radius 3 is 2.53 bits per heavy atom. The van der Waals surface area contributed by atoms with Crippen LogP contribution in [0.3, 0.4) is 0 Å². The summed E-state index contributed by atoms with van der Waals surface area (Å²) >= 11 is 0. The monoisotopic (exact) mass is 259 g/mol. The number of nitrogens with two attached hydrogens (primary N) is 1. The molecule has 17 heavy (non-hydrogen) atoms. The van der Waals surface area contributed by atoms with Crippen molar-refractivity contribution in [2.75, 3.05) is 13.2 Å². The predicted octanol–water partition coefficient (Wildman–Crippen LogP) is 0.716. The Hall–Kier alpha value is -0.980. The predicted molar refractivity (Wildman–Crippen MR) is 60.8 cm³/mol. The van der Waals surface area contributed by atoms with Crippen molar-refractivity contribution in [1.29, 1.82) is 0 Å². The van der Waals surface area contributed by atoms with Crippen LogP contribution >= 0.6 is 0 Å². The molecule has 1 heterocycles. The van der Waals surface area contributed by atoms with Gasteiger partial charge in [-0.05, 0) is 30.7 Å². The first kappa shape index (κ1) is 12.5. The van der Waals surface area contributed by atoms with E-state index in [-0.39, 0.29) is 11.5 Å². The number of hydrogen-bond donors (Lipinski definition) is 1. The van der Waals surface area contributed by atoms with Crippen LogP contribution < -0.4 is 5.73 Å². The summed E-state index contributed by atoms with van der Waals surface area (Å²) in [6.45, 7) is 0.581. The molecule has 1 aliphatic rings. The lowest BCUT2D eigenvalue weighted by molar-refractivity contribution is 0.0891. The average molecular weight is 259 g/mol. The van der Waals surface area contributed by atoms with Crippen LogP contribution in [-0.4, -0.2) is 32.9 Å². The minimum atomic E-state index is -3.54. The van der Waals surface area contributed by atoms with Gasteiger partial charge in [-0.3, -0.25) is 0 Å². The summed E-state index contributed by atoms with van der Waals surface area (Å²) in [4.78, 5) is 0.0878. The summed E-state index contributed by atoms with van der Waals surface area (Å²) < 4.78 is 42.4.